The van der Waals surface area contributed by atoms with Crippen molar-refractivity contribution in [2.24, 2.45) is 28.6 Å². The van der Waals surface area contributed by atoms with Crippen molar-refractivity contribution >= 4 is 11.8 Å². The molecule has 0 aromatic rings. The van der Waals surface area contributed by atoms with Gasteiger partial charge in [-0.2, -0.15) is 0 Å². The number of fused-ring (bicyclic) bond motifs is 5. The third kappa shape index (κ3) is 4.06. The molecule has 1 aliphatic heterocycles. The van der Waals surface area contributed by atoms with Crippen molar-refractivity contribution < 1.29 is 69.0 Å². The van der Waals surface area contributed by atoms with Gasteiger partial charge in [0.2, 0.25) is 0 Å². The molecular weight excluding hydrogens is 451 g/mol. The van der Waals surface area contributed by atoms with Gasteiger partial charge >= 0.3 is 29.6 Å². The maximum atomic E-state index is 12.0. The van der Waals surface area contributed by atoms with Gasteiger partial charge in [0.25, 0.3) is 0 Å². The molecule has 11 atom stereocenters. The zero-order valence-corrected chi connectivity index (χ0v) is 22.3. The van der Waals surface area contributed by atoms with Crippen molar-refractivity contribution in [1.29, 1.82) is 0 Å². The monoisotopic (exact) mass is 486 g/mol. The fourth-order valence-corrected chi connectivity index (χ4v) is 8.05. The Morgan fingerprint density at radius 3 is 2.47 bits per heavy atom. The van der Waals surface area contributed by atoms with Crippen molar-refractivity contribution in [2.45, 2.75) is 102 Å². The normalized spacial score (nSPS) is 50.3. The van der Waals surface area contributed by atoms with Crippen molar-refractivity contribution in [3.8, 4) is 0 Å². The molecule has 0 amide bonds. The number of aliphatic carboxylic acids is 1. The van der Waals surface area contributed by atoms with E-state index in [2.05, 4.69) is 13.8 Å². The Labute approximate surface area is 222 Å². The largest absolute Gasteiger partial charge is 1.00 e. The van der Waals surface area contributed by atoms with Crippen LogP contribution in [0.15, 0.2) is 11.6 Å². The van der Waals surface area contributed by atoms with Crippen LogP contribution in [0.2, 0.25) is 0 Å². The second-order valence-electron chi connectivity index (χ2n) is 11.4. The standard InChI is InChI=1S/C25H36O8.Na/c1-24-9-7-13(26)11-12(24)3-4-14-15-5-6-17(25(15,2)10-8-16(14)24)32-23-20(29)18(27)19(28)21(33-23)22(30)31;/h11,14-21,23,27-29H,3-10H2,1-2H3,(H,30,31);/q;+1/p-1/t14-,15-,16-,17-,18-,19-,20+,21-,23+,24-,25-;/m0./s1. The number of ether oxygens (including phenoxy) is 2. The molecule has 0 aromatic heterocycles. The summed E-state index contributed by atoms with van der Waals surface area (Å²) in [7, 11) is 0. The molecule has 0 aromatic carbocycles. The summed E-state index contributed by atoms with van der Waals surface area (Å²) in [6, 6.07) is 0. The molecule has 4 aliphatic carbocycles. The second-order valence-corrected chi connectivity index (χ2v) is 11.4. The average Bonchev–Trinajstić information content (AvgIpc) is 3.10. The number of allylic oxidation sites excluding steroid dienone is 1. The molecular formula is C25H35NaO8. The number of aliphatic hydroxyl groups excluding tert-OH is 3. The predicted molar refractivity (Wildman–Crippen MR) is 113 cm³/mol. The molecule has 34 heavy (non-hydrogen) atoms. The zero-order chi connectivity index (χ0) is 23.7. The third-order valence-corrected chi connectivity index (χ3v) is 9.98. The Balaban J connectivity index is 0.00000274. The van der Waals surface area contributed by atoms with Gasteiger partial charge in [0.05, 0.1) is 12.1 Å². The Kier molecular flexibility index (Phi) is 7.49. The zero-order valence-electron chi connectivity index (χ0n) is 20.3. The summed E-state index contributed by atoms with van der Waals surface area (Å²) in [5.41, 5.74) is 1.26. The quantitative estimate of drug-likeness (QED) is 0.372. The van der Waals surface area contributed by atoms with Crippen LogP contribution in [0.25, 0.3) is 0 Å². The summed E-state index contributed by atoms with van der Waals surface area (Å²) in [6.45, 7) is 4.56. The molecule has 5 rings (SSSR count). The number of carbonyl (C=O) groups is 2. The minimum absolute atomic E-state index is 0. The molecule has 184 valence electrons. The van der Waals surface area contributed by atoms with E-state index in [0.717, 1.165) is 44.9 Å². The van der Waals surface area contributed by atoms with Crippen LogP contribution in [0.1, 0.15) is 65.2 Å². The minimum Gasteiger partial charge on any atom is -0.547 e. The van der Waals surface area contributed by atoms with Gasteiger partial charge in [0.1, 0.15) is 24.4 Å². The van der Waals surface area contributed by atoms with Gasteiger partial charge in [-0.25, -0.2) is 0 Å². The molecule has 1 saturated heterocycles. The van der Waals surface area contributed by atoms with Gasteiger partial charge in [-0.05, 0) is 79.6 Å². The van der Waals surface area contributed by atoms with Crippen molar-refractivity contribution in [1.82, 2.24) is 0 Å². The summed E-state index contributed by atoms with van der Waals surface area (Å²) in [5.74, 6) is 0.115. The predicted octanol–water partition coefficient (Wildman–Crippen LogP) is -2.53. The molecule has 0 bridgehead atoms. The van der Waals surface area contributed by atoms with Crippen LogP contribution >= 0.6 is 0 Å². The van der Waals surface area contributed by atoms with Gasteiger partial charge in [-0.1, -0.05) is 19.4 Å². The van der Waals surface area contributed by atoms with E-state index in [9.17, 15) is 30.0 Å². The first-order valence-corrected chi connectivity index (χ1v) is 12.4. The van der Waals surface area contributed by atoms with E-state index >= 15 is 0 Å². The van der Waals surface area contributed by atoms with Crippen LogP contribution in [0.4, 0.5) is 0 Å². The van der Waals surface area contributed by atoms with E-state index in [1.807, 2.05) is 6.08 Å². The van der Waals surface area contributed by atoms with Gasteiger partial charge in [-0.15, -0.1) is 0 Å². The Morgan fingerprint density at radius 1 is 1.03 bits per heavy atom. The summed E-state index contributed by atoms with van der Waals surface area (Å²) in [4.78, 5) is 23.4. The molecule has 3 saturated carbocycles. The van der Waals surface area contributed by atoms with Gasteiger partial charge < -0.3 is 34.7 Å². The number of carbonyl (C=O) groups excluding carboxylic acids is 2. The Bertz CT molecular complexity index is 862. The number of hydrogen-bond donors (Lipinski definition) is 3. The number of ketones is 1. The fourth-order valence-electron chi connectivity index (χ4n) is 8.05. The summed E-state index contributed by atoms with van der Waals surface area (Å²) in [5, 5.41) is 41.8. The minimum atomic E-state index is -1.78. The number of carboxylic acid groups (broad SMARTS) is 1. The molecule has 1 heterocycles. The van der Waals surface area contributed by atoms with E-state index in [1.54, 1.807) is 0 Å². The molecule has 4 fully saturated rings. The summed E-state index contributed by atoms with van der Waals surface area (Å²) < 4.78 is 11.5. The molecule has 8 nitrogen and oxygen atoms in total. The molecule has 0 unspecified atom stereocenters. The van der Waals surface area contributed by atoms with E-state index in [4.69, 9.17) is 9.47 Å². The molecule has 3 N–H and O–H groups in total. The fraction of sp³-hybridized carbons (Fsp3) is 0.840. The maximum Gasteiger partial charge on any atom is 1.00 e. The van der Waals surface area contributed by atoms with Crippen LogP contribution in [-0.4, -0.2) is 63.9 Å². The van der Waals surface area contributed by atoms with Gasteiger partial charge in [0.15, 0.2) is 12.1 Å². The van der Waals surface area contributed by atoms with Crippen LogP contribution in [-0.2, 0) is 19.1 Å². The number of rotatable bonds is 3. The van der Waals surface area contributed by atoms with Crippen molar-refractivity contribution in [3.63, 3.8) is 0 Å². The van der Waals surface area contributed by atoms with Crippen LogP contribution in [0.5, 0.6) is 0 Å². The SMILES string of the molecule is C[C@]12CC[C@H]3[C@@H](CCC4=CC(=O)CC[C@@]43C)[C@@H]1CC[C@@H]2O[C@@H]1O[C@H](C(=O)[O-])[C@@H](O)[C@H](O)[C@H]1O.[Na+]. The van der Waals surface area contributed by atoms with E-state index < -0.39 is 36.7 Å². The first-order valence-electron chi connectivity index (χ1n) is 12.4. The molecule has 9 heteroatoms. The van der Waals surface area contributed by atoms with Gasteiger partial charge in [-0.3, -0.25) is 4.79 Å². The van der Waals surface area contributed by atoms with Crippen molar-refractivity contribution in [3.05, 3.63) is 11.6 Å². The van der Waals surface area contributed by atoms with E-state index in [0.29, 0.717) is 24.2 Å². The van der Waals surface area contributed by atoms with Crippen LogP contribution in [0, 0.1) is 28.6 Å². The van der Waals surface area contributed by atoms with Crippen molar-refractivity contribution in [2.75, 3.05) is 0 Å². The first-order chi connectivity index (χ1) is 15.6. The summed E-state index contributed by atoms with van der Waals surface area (Å²) in [6.07, 6.45) is 0.854. The average molecular weight is 487 g/mol. The molecule has 0 spiro atoms. The van der Waals surface area contributed by atoms with Crippen LogP contribution in [0.3, 0.4) is 0 Å². The van der Waals surface area contributed by atoms with E-state index in [-0.39, 0.29) is 52.3 Å². The number of hydrogen-bond acceptors (Lipinski definition) is 8. The molecule has 5 aliphatic rings. The third-order valence-electron chi connectivity index (χ3n) is 9.98. The smallest absolute Gasteiger partial charge is 0.547 e. The number of carboxylic acids is 1. The topological polar surface area (TPSA) is 136 Å². The first kappa shape index (κ1) is 26.7. The van der Waals surface area contributed by atoms with Gasteiger partial charge in [0, 0.05) is 6.42 Å². The summed E-state index contributed by atoms with van der Waals surface area (Å²) >= 11 is 0. The van der Waals surface area contributed by atoms with Crippen LogP contribution < -0.4 is 34.7 Å². The maximum absolute atomic E-state index is 12.0. The molecule has 0 radical (unpaired) electrons. The second kappa shape index (κ2) is 9.53. The number of aliphatic hydroxyl groups is 3. The Morgan fingerprint density at radius 2 is 1.76 bits per heavy atom. The Hall–Kier alpha value is -0.320. The van der Waals surface area contributed by atoms with E-state index in [1.165, 1.54) is 5.57 Å².